The molecule has 0 saturated carbocycles. The maximum absolute atomic E-state index is 12.4. The Hall–Kier alpha value is -2.70. The van der Waals surface area contributed by atoms with Gasteiger partial charge < -0.3 is 10.2 Å². The summed E-state index contributed by atoms with van der Waals surface area (Å²) in [5, 5.41) is 5.87. The molecule has 5 nitrogen and oxygen atoms in total. The SMILES string of the molecule is Cc1ccc(NC(=O)Cc2nc(CN(C)Cc3ccccc3N3CCCCC3)cs2)cc1. The van der Waals surface area contributed by atoms with Gasteiger partial charge in [-0.3, -0.25) is 9.69 Å². The number of piperidine rings is 1. The van der Waals surface area contributed by atoms with Gasteiger partial charge in [-0.05, 0) is 57.0 Å². The molecule has 4 rings (SSSR count). The Morgan fingerprint density at radius 2 is 1.81 bits per heavy atom. The molecule has 1 aliphatic rings. The Balaban J connectivity index is 1.31. The van der Waals surface area contributed by atoms with E-state index in [9.17, 15) is 4.79 Å². The van der Waals surface area contributed by atoms with Crippen LogP contribution in [0.15, 0.2) is 53.9 Å². The largest absolute Gasteiger partial charge is 0.371 e. The van der Waals surface area contributed by atoms with Crippen LogP contribution in [-0.4, -0.2) is 35.9 Å². The van der Waals surface area contributed by atoms with Crippen LogP contribution in [0.25, 0.3) is 0 Å². The molecule has 32 heavy (non-hydrogen) atoms. The maximum atomic E-state index is 12.4. The summed E-state index contributed by atoms with van der Waals surface area (Å²) in [5.41, 5.74) is 5.75. The highest BCUT2D eigenvalue weighted by atomic mass is 32.1. The first-order chi connectivity index (χ1) is 15.6. The number of rotatable bonds is 8. The van der Waals surface area contributed by atoms with Gasteiger partial charge in [-0.1, -0.05) is 35.9 Å². The lowest BCUT2D eigenvalue weighted by Crippen LogP contribution is -2.31. The minimum Gasteiger partial charge on any atom is -0.371 e. The summed E-state index contributed by atoms with van der Waals surface area (Å²) >= 11 is 1.56. The van der Waals surface area contributed by atoms with E-state index in [4.69, 9.17) is 4.98 Å². The molecule has 2 aromatic carbocycles. The zero-order chi connectivity index (χ0) is 22.3. The summed E-state index contributed by atoms with van der Waals surface area (Å²) in [6.07, 6.45) is 4.21. The highest BCUT2D eigenvalue weighted by molar-refractivity contribution is 7.09. The molecule has 0 aliphatic carbocycles. The van der Waals surface area contributed by atoms with E-state index < -0.39 is 0 Å². The lowest BCUT2D eigenvalue weighted by Gasteiger charge is -2.31. The number of nitrogens with one attached hydrogen (secondary N) is 1. The van der Waals surface area contributed by atoms with Crippen LogP contribution >= 0.6 is 11.3 Å². The number of thiazole rings is 1. The first-order valence-corrected chi connectivity index (χ1v) is 12.3. The number of aryl methyl sites for hydroxylation is 1. The number of aromatic nitrogens is 1. The second-order valence-electron chi connectivity index (χ2n) is 8.67. The summed E-state index contributed by atoms with van der Waals surface area (Å²) in [6.45, 7) is 5.99. The number of benzene rings is 2. The molecule has 1 saturated heterocycles. The fraction of sp³-hybridized carbons (Fsp3) is 0.385. The van der Waals surface area contributed by atoms with Crippen molar-refractivity contribution < 1.29 is 4.79 Å². The van der Waals surface area contributed by atoms with Gasteiger partial charge in [0.15, 0.2) is 0 Å². The molecule has 168 valence electrons. The Kier molecular flexibility index (Phi) is 7.55. The molecule has 1 aliphatic heterocycles. The van der Waals surface area contributed by atoms with Gasteiger partial charge in [0.25, 0.3) is 0 Å². The van der Waals surface area contributed by atoms with E-state index in [0.717, 1.165) is 42.6 Å². The van der Waals surface area contributed by atoms with Crippen LogP contribution in [0, 0.1) is 6.92 Å². The van der Waals surface area contributed by atoms with E-state index in [1.54, 1.807) is 11.3 Å². The predicted octanol–water partition coefficient (Wildman–Crippen LogP) is 5.26. The zero-order valence-corrected chi connectivity index (χ0v) is 19.8. The van der Waals surface area contributed by atoms with Crippen molar-refractivity contribution in [2.75, 3.05) is 30.4 Å². The second-order valence-corrected chi connectivity index (χ2v) is 9.61. The van der Waals surface area contributed by atoms with Gasteiger partial charge in [0.2, 0.25) is 5.91 Å². The molecule has 0 unspecified atom stereocenters. The third-order valence-electron chi connectivity index (χ3n) is 5.81. The number of amides is 1. The molecule has 1 fully saturated rings. The van der Waals surface area contributed by atoms with Crippen molar-refractivity contribution in [1.29, 1.82) is 0 Å². The Morgan fingerprint density at radius 3 is 2.59 bits per heavy atom. The normalized spacial score (nSPS) is 14.0. The molecule has 1 N–H and O–H groups in total. The van der Waals surface area contributed by atoms with Gasteiger partial charge in [0.1, 0.15) is 5.01 Å². The molecule has 3 aromatic rings. The van der Waals surface area contributed by atoms with Crippen molar-refractivity contribution in [3.63, 3.8) is 0 Å². The molecule has 1 amide bonds. The standard InChI is InChI=1S/C26H32N4OS/c1-20-10-12-22(13-11-20)27-25(31)16-26-28-23(19-32-26)18-29(2)17-21-8-4-5-9-24(21)30-14-6-3-7-15-30/h4-5,8-13,19H,3,6-7,14-18H2,1-2H3,(H,27,31). The van der Waals surface area contributed by atoms with Crippen LogP contribution < -0.4 is 10.2 Å². The van der Waals surface area contributed by atoms with Crippen molar-refractivity contribution in [1.82, 2.24) is 9.88 Å². The minimum atomic E-state index is -0.0291. The van der Waals surface area contributed by atoms with E-state index in [-0.39, 0.29) is 5.91 Å². The van der Waals surface area contributed by atoms with Crippen molar-refractivity contribution in [2.24, 2.45) is 0 Å². The van der Waals surface area contributed by atoms with E-state index in [1.807, 2.05) is 31.2 Å². The molecule has 0 radical (unpaired) electrons. The van der Waals surface area contributed by atoms with Crippen LogP contribution in [-0.2, 0) is 24.3 Å². The highest BCUT2D eigenvalue weighted by Gasteiger charge is 2.16. The third kappa shape index (κ3) is 6.17. The first kappa shape index (κ1) is 22.5. The Labute approximate surface area is 195 Å². The van der Waals surface area contributed by atoms with Crippen molar-refractivity contribution in [3.8, 4) is 0 Å². The fourth-order valence-corrected chi connectivity index (χ4v) is 4.98. The van der Waals surface area contributed by atoms with Crippen LogP contribution in [0.1, 0.15) is 41.1 Å². The summed E-state index contributed by atoms with van der Waals surface area (Å²) < 4.78 is 0. The number of hydrogen-bond donors (Lipinski definition) is 1. The van der Waals surface area contributed by atoms with Crippen molar-refractivity contribution in [2.45, 2.75) is 45.7 Å². The number of hydrogen-bond acceptors (Lipinski definition) is 5. The molecule has 6 heteroatoms. The van der Waals surface area contributed by atoms with E-state index >= 15 is 0 Å². The molecular formula is C26H32N4OS. The summed E-state index contributed by atoms with van der Waals surface area (Å²) in [4.78, 5) is 21.9. The number of carbonyl (C=O) groups excluding carboxylic acids is 1. The lowest BCUT2D eigenvalue weighted by molar-refractivity contribution is -0.115. The first-order valence-electron chi connectivity index (χ1n) is 11.4. The summed E-state index contributed by atoms with van der Waals surface area (Å²) in [5.74, 6) is -0.0291. The monoisotopic (exact) mass is 448 g/mol. The number of anilines is 2. The fourth-order valence-electron chi connectivity index (χ4n) is 4.19. The van der Waals surface area contributed by atoms with Crippen molar-refractivity contribution in [3.05, 3.63) is 75.7 Å². The number of nitrogens with zero attached hydrogens (tertiary/aromatic N) is 3. The average Bonchev–Trinajstić information content (AvgIpc) is 3.22. The Morgan fingerprint density at radius 1 is 1.06 bits per heavy atom. The maximum Gasteiger partial charge on any atom is 0.231 e. The summed E-state index contributed by atoms with van der Waals surface area (Å²) in [7, 11) is 2.14. The zero-order valence-electron chi connectivity index (χ0n) is 19.0. The molecule has 0 atom stereocenters. The van der Waals surface area contributed by atoms with Gasteiger partial charge in [0, 0.05) is 42.9 Å². The van der Waals surface area contributed by atoms with Crippen molar-refractivity contribution >= 4 is 28.6 Å². The van der Waals surface area contributed by atoms with E-state index in [0.29, 0.717) is 6.42 Å². The van der Waals surface area contributed by atoms with Gasteiger partial charge in [0.05, 0.1) is 12.1 Å². The molecular weight excluding hydrogens is 416 g/mol. The smallest absolute Gasteiger partial charge is 0.231 e. The van der Waals surface area contributed by atoms with E-state index in [2.05, 4.69) is 51.8 Å². The minimum absolute atomic E-state index is 0.0291. The van der Waals surface area contributed by atoms with E-state index in [1.165, 1.54) is 36.1 Å². The predicted molar refractivity (Wildman–Crippen MR) is 133 cm³/mol. The average molecular weight is 449 g/mol. The molecule has 1 aromatic heterocycles. The lowest BCUT2D eigenvalue weighted by atomic mass is 10.1. The molecule has 0 bridgehead atoms. The van der Waals surface area contributed by atoms with Crippen LogP contribution in [0.5, 0.6) is 0 Å². The van der Waals surface area contributed by atoms with Gasteiger partial charge >= 0.3 is 0 Å². The third-order valence-corrected chi connectivity index (χ3v) is 6.70. The van der Waals surface area contributed by atoms with Crippen LogP contribution in [0.4, 0.5) is 11.4 Å². The molecule has 0 spiro atoms. The van der Waals surface area contributed by atoms with Crippen LogP contribution in [0.3, 0.4) is 0 Å². The Bertz CT molecular complexity index is 1020. The van der Waals surface area contributed by atoms with Gasteiger partial charge in [-0.25, -0.2) is 4.98 Å². The number of carbonyl (C=O) groups is 1. The topological polar surface area (TPSA) is 48.5 Å². The highest BCUT2D eigenvalue weighted by Crippen LogP contribution is 2.25. The van der Waals surface area contributed by atoms with Crippen LogP contribution in [0.2, 0.25) is 0 Å². The quantitative estimate of drug-likeness (QED) is 0.511. The summed E-state index contributed by atoms with van der Waals surface area (Å²) in [6, 6.07) is 16.6. The van der Waals surface area contributed by atoms with Gasteiger partial charge in [-0.2, -0.15) is 0 Å². The molecule has 2 heterocycles. The van der Waals surface area contributed by atoms with Gasteiger partial charge in [-0.15, -0.1) is 11.3 Å². The second kappa shape index (κ2) is 10.7. The number of para-hydroxylation sites is 1.